The molecule has 0 saturated carbocycles. The first-order valence-corrected chi connectivity index (χ1v) is 9.26. The van der Waals surface area contributed by atoms with E-state index in [2.05, 4.69) is 41.3 Å². The maximum atomic E-state index is 12.1. The van der Waals surface area contributed by atoms with Crippen molar-refractivity contribution in [2.24, 2.45) is 0 Å². The molecule has 2 aromatic carbocycles. The van der Waals surface area contributed by atoms with Crippen LogP contribution in [0.1, 0.15) is 52.2 Å². The molecule has 130 valence electrons. The second kappa shape index (κ2) is 7.01. The second-order valence-electron chi connectivity index (χ2n) is 7.18. The monoisotopic (exact) mass is 335 g/mol. The van der Waals surface area contributed by atoms with Crippen molar-refractivity contribution >= 4 is 5.97 Å². The number of carbonyl (C=O) groups is 1. The highest BCUT2D eigenvalue weighted by atomic mass is 16.5. The number of piperidine rings is 1. The first-order valence-electron chi connectivity index (χ1n) is 9.26. The van der Waals surface area contributed by atoms with Crippen LogP contribution in [0.25, 0.3) is 0 Å². The number of esters is 1. The number of fused-ring (bicyclic) bond motifs is 3. The van der Waals surface area contributed by atoms with E-state index in [-0.39, 0.29) is 5.97 Å². The Bertz CT molecular complexity index is 756. The molecule has 2 aromatic rings. The summed E-state index contributed by atoms with van der Waals surface area (Å²) in [5, 5.41) is 0. The summed E-state index contributed by atoms with van der Waals surface area (Å²) in [6, 6.07) is 17.5. The fourth-order valence-electron chi connectivity index (χ4n) is 4.71. The van der Waals surface area contributed by atoms with Crippen molar-refractivity contribution in [1.82, 2.24) is 4.90 Å². The Morgan fingerprint density at radius 1 is 1.12 bits per heavy atom. The van der Waals surface area contributed by atoms with Crippen LogP contribution in [-0.2, 0) is 17.7 Å². The number of rotatable bonds is 3. The molecule has 3 nitrogen and oxygen atoms in total. The third-order valence-corrected chi connectivity index (χ3v) is 5.83. The Labute approximate surface area is 149 Å². The third-order valence-electron chi connectivity index (χ3n) is 5.83. The first-order chi connectivity index (χ1) is 12.3. The van der Waals surface area contributed by atoms with Crippen LogP contribution in [0.2, 0.25) is 0 Å². The normalized spacial score (nSPS) is 22.8. The Morgan fingerprint density at radius 3 is 2.76 bits per heavy atom. The van der Waals surface area contributed by atoms with Crippen LogP contribution in [0.5, 0.6) is 0 Å². The maximum absolute atomic E-state index is 12.1. The molecule has 2 aliphatic rings. The van der Waals surface area contributed by atoms with Crippen molar-refractivity contribution < 1.29 is 9.53 Å². The summed E-state index contributed by atoms with van der Waals surface area (Å²) in [7, 11) is 1.47. The number of nitrogens with zero attached hydrogens (tertiary/aromatic N) is 1. The largest absolute Gasteiger partial charge is 0.465 e. The van der Waals surface area contributed by atoms with E-state index >= 15 is 0 Å². The van der Waals surface area contributed by atoms with Crippen LogP contribution < -0.4 is 0 Å². The molecule has 1 saturated heterocycles. The molecule has 1 aliphatic heterocycles. The number of carbonyl (C=O) groups excluding carboxylic acids is 1. The summed E-state index contributed by atoms with van der Waals surface area (Å²) < 4.78 is 4.99. The van der Waals surface area contributed by atoms with E-state index in [4.69, 9.17) is 4.74 Å². The van der Waals surface area contributed by atoms with Crippen LogP contribution in [-0.4, -0.2) is 30.6 Å². The van der Waals surface area contributed by atoms with E-state index in [9.17, 15) is 4.79 Å². The minimum atomic E-state index is -0.202. The van der Waals surface area contributed by atoms with Gasteiger partial charge in [-0.25, -0.2) is 4.79 Å². The van der Waals surface area contributed by atoms with E-state index < -0.39 is 0 Å². The summed E-state index contributed by atoms with van der Waals surface area (Å²) >= 11 is 0. The van der Waals surface area contributed by atoms with Crippen LogP contribution in [0.4, 0.5) is 0 Å². The van der Waals surface area contributed by atoms with Gasteiger partial charge >= 0.3 is 5.97 Å². The summed E-state index contributed by atoms with van der Waals surface area (Å²) in [6.07, 6.45) is 4.52. The lowest BCUT2D eigenvalue weighted by Crippen LogP contribution is -2.46. The summed E-state index contributed by atoms with van der Waals surface area (Å²) in [4.78, 5) is 14.8. The van der Waals surface area contributed by atoms with Gasteiger partial charge in [-0.2, -0.15) is 0 Å². The van der Waals surface area contributed by atoms with Crippen molar-refractivity contribution in [3.63, 3.8) is 0 Å². The molecular weight excluding hydrogens is 310 g/mol. The van der Waals surface area contributed by atoms with Gasteiger partial charge in [0.2, 0.25) is 0 Å². The number of benzene rings is 2. The van der Waals surface area contributed by atoms with Crippen molar-refractivity contribution in [3.8, 4) is 0 Å². The molecule has 0 radical (unpaired) electrons. The van der Waals surface area contributed by atoms with Gasteiger partial charge in [0.25, 0.3) is 0 Å². The average molecular weight is 335 g/mol. The molecule has 25 heavy (non-hydrogen) atoms. The zero-order valence-electron chi connectivity index (χ0n) is 14.8. The highest BCUT2D eigenvalue weighted by Gasteiger charge is 2.37. The van der Waals surface area contributed by atoms with E-state index in [1.807, 2.05) is 12.1 Å². The summed E-state index contributed by atoms with van der Waals surface area (Å²) in [5.74, 6) is 0.332. The molecule has 1 aliphatic carbocycles. The maximum Gasteiger partial charge on any atom is 0.338 e. The van der Waals surface area contributed by atoms with Crippen molar-refractivity contribution in [2.75, 3.05) is 13.7 Å². The van der Waals surface area contributed by atoms with Crippen molar-refractivity contribution in [2.45, 2.75) is 44.2 Å². The zero-order chi connectivity index (χ0) is 17.2. The van der Waals surface area contributed by atoms with E-state index in [1.54, 1.807) is 0 Å². The van der Waals surface area contributed by atoms with E-state index in [0.29, 0.717) is 12.0 Å². The van der Waals surface area contributed by atoms with E-state index in [1.165, 1.54) is 43.2 Å². The van der Waals surface area contributed by atoms with Gasteiger partial charge in [0.1, 0.15) is 0 Å². The number of hydrogen-bond donors (Lipinski definition) is 0. The SMILES string of the molecule is COC(=O)c1cccc2c1CC[C@@H]1[C@H]2CCCN1Cc1ccccc1. The molecule has 0 amide bonds. The third kappa shape index (κ3) is 3.09. The van der Waals surface area contributed by atoms with Crippen molar-refractivity contribution in [3.05, 3.63) is 70.8 Å². The molecule has 3 heteroatoms. The molecule has 0 N–H and O–H groups in total. The van der Waals surface area contributed by atoms with Gasteiger partial charge < -0.3 is 4.74 Å². The first kappa shape index (κ1) is 16.3. The lowest BCUT2D eigenvalue weighted by atomic mass is 9.73. The van der Waals surface area contributed by atoms with Gasteiger partial charge in [-0.05, 0) is 60.9 Å². The Hall–Kier alpha value is -2.13. The van der Waals surface area contributed by atoms with Gasteiger partial charge in [-0.1, -0.05) is 42.5 Å². The van der Waals surface area contributed by atoms with Gasteiger partial charge in [0, 0.05) is 12.6 Å². The van der Waals surface area contributed by atoms with Gasteiger partial charge in [-0.3, -0.25) is 4.90 Å². The zero-order valence-corrected chi connectivity index (χ0v) is 14.8. The van der Waals surface area contributed by atoms with Gasteiger partial charge in [0.05, 0.1) is 12.7 Å². The van der Waals surface area contributed by atoms with Crippen LogP contribution in [0.15, 0.2) is 48.5 Å². The van der Waals surface area contributed by atoms with Gasteiger partial charge in [-0.15, -0.1) is 0 Å². The molecule has 0 unspecified atom stereocenters. The molecule has 0 bridgehead atoms. The Balaban J connectivity index is 1.62. The standard InChI is InChI=1S/C22H25NO2/c1-25-22(24)20-10-5-9-17-18(20)12-13-21-19(17)11-6-14-23(21)15-16-7-3-2-4-8-16/h2-5,7-10,19,21H,6,11-15H2,1H3/t19-,21+/m0/s1. The topological polar surface area (TPSA) is 29.5 Å². The summed E-state index contributed by atoms with van der Waals surface area (Å²) in [6.45, 7) is 2.19. The smallest absolute Gasteiger partial charge is 0.338 e. The number of ether oxygens (including phenoxy) is 1. The fourth-order valence-corrected chi connectivity index (χ4v) is 4.71. The lowest BCUT2D eigenvalue weighted by Gasteiger charge is -2.45. The Kier molecular flexibility index (Phi) is 4.58. The highest BCUT2D eigenvalue weighted by Crippen LogP contribution is 2.42. The quantitative estimate of drug-likeness (QED) is 0.789. The minimum absolute atomic E-state index is 0.202. The molecule has 1 heterocycles. The average Bonchev–Trinajstić information content (AvgIpc) is 2.67. The van der Waals surface area contributed by atoms with Crippen LogP contribution >= 0.6 is 0 Å². The molecule has 0 spiro atoms. The molecular formula is C22H25NO2. The fraction of sp³-hybridized carbons (Fsp3) is 0.409. The molecule has 2 atom stereocenters. The van der Waals surface area contributed by atoms with Gasteiger partial charge in [0.15, 0.2) is 0 Å². The predicted molar refractivity (Wildman–Crippen MR) is 98.7 cm³/mol. The molecule has 0 aromatic heterocycles. The predicted octanol–water partition coefficient (Wildman–Crippen LogP) is 4.17. The number of likely N-dealkylation sites (tertiary alicyclic amines) is 1. The summed E-state index contributed by atoms with van der Waals surface area (Å²) in [5.41, 5.74) is 4.74. The Morgan fingerprint density at radius 2 is 1.96 bits per heavy atom. The number of methoxy groups -OCH3 is 1. The second-order valence-corrected chi connectivity index (χ2v) is 7.18. The highest BCUT2D eigenvalue weighted by molar-refractivity contribution is 5.91. The number of hydrogen-bond acceptors (Lipinski definition) is 3. The van der Waals surface area contributed by atoms with E-state index in [0.717, 1.165) is 24.9 Å². The minimum Gasteiger partial charge on any atom is -0.465 e. The van der Waals surface area contributed by atoms with Crippen LogP contribution in [0.3, 0.4) is 0 Å². The van der Waals surface area contributed by atoms with Crippen molar-refractivity contribution in [1.29, 1.82) is 0 Å². The lowest BCUT2D eigenvalue weighted by molar-refractivity contribution is 0.0596. The van der Waals surface area contributed by atoms with Crippen LogP contribution in [0, 0.1) is 0 Å². The molecule has 1 fully saturated rings. The molecule has 4 rings (SSSR count).